The molecular formula is C15H26N4O2. The predicted molar refractivity (Wildman–Crippen MR) is 81.5 cm³/mol. The highest BCUT2D eigenvalue weighted by Gasteiger charge is 2.46. The van der Waals surface area contributed by atoms with Crippen LogP contribution in [0.4, 0.5) is 0 Å². The molecule has 2 fully saturated rings. The summed E-state index contributed by atoms with van der Waals surface area (Å²) >= 11 is 0. The van der Waals surface area contributed by atoms with Crippen LogP contribution in [0, 0.1) is 5.92 Å². The number of nitrogens with two attached hydrogens (primary N) is 1. The Hall–Kier alpha value is -1.40. The minimum Gasteiger partial charge on any atom is -0.352 e. The SMILES string of the molecule is C=CCNC(=O)CN1CCN(C(=O)C(C)(N)C2CC2)CC1. The van der Waals surface area contributed by atoms with Crippen molar-refractivity contribution >= 4 is 11.8 Å². The summed E-state index contributed by atoms with van der Waals surface area (Å²) in [6.07, 6.45) is 3.78. The summed E-state index contributed by atoms with van der Waals surface area (Å²) < 4.78 is 0. The quantitative estimate of drug-likeness (QED) is 0.651. The summed E-state index contributed by atoms with van der Waals surface area (Å²) in [4.78, 5) is 28.0. The molecule has 21 heavy (non-hydrogen) atoms. The van der Waals surface area contributed by atoms with E-state index in [0.717, 1.165) is 12.8 Å². The topological polar surface area (TPSA) is 78.7 Å². The molecule has 0 radical (unpaired) electrons. The fraction of sp³-hybridized carbons (Fsp3) is 0.733. The number of hydrogen-bond donors (Lipinski definition) is 2. The van der Waals surface area contributed by atoms with Crippen molar-refractivity contribution in [1.82, 2.24) is 15.1 Å². The molecule has 2 rings (SSSR count). The molecule has 3 N–H and O–H groups in total. The lowest BCUT2D eigenvalue weighted by Crippen LogP contribution is -2.59. The van der Waals surface area contributed by atoms with Gasteiger partial charge < -0.3 is 16.0 Å². The Kier molecular flexibility index (Phi) is 5.00. The third kappa shape index (κ3) is 4.04. The summed E-state index contributed by atoms with van der Waals surface area (Å²) in [5.41, 5.74) is 5.47. The second-order valence-corrected chi connectivity index (χ2v) is 6.22. The maximum Gasteiger partial charge on any atom is 0.242 e. The zero-order valence-electron chi connectivity index (χ0n) is 12.8. The molecule has 1 aliphatic carbocycles. The molecule has 6 nitrogen and oxygen atoms in total. The van der Waals surface area contributed by atoms with Crippen LogP contribution < -0.4 is 11.1 Å². The van der Waals surface area contributed by atoms with Gasteiger partial charge in [-0.05, 0) is 25.7 Å². The van der Waals surface area contributed by atoms with Crippen molar-refractivity contribution in [1.29, 1.82) is 0 Å². The van der Waals surface area contributed by atoms with Crippen LogP contribution in [0.2, 0.25) is 0 Å². The van der Waals surface area contributed by atoms with Crippen LogP contribution in [-0.2, 0) is 9.59 Å². The highest BCUT2D eigenvalue weighted by atomic mass is 16.2. The van der Waals surface area contributed by atoms with Crippen molar-refractivity contribution in [3.05, 3.63) is 12.7 Å². The molecule has 1 saturated carbocycles. The summed E-state index contributed by atoms with van der Waals surface area (Å²) in [7, 11) is 0. The lowest BCUT2D eigenvalue weighted by molar-refractivity contribution is -0.139. The second-order valence-electron chi connectivity index (χ2n) is 6.22. The first-order chi connectivity index (χ1) is 9.95. The summed E-state index contributed by atoms with van der Waals surface area (Å²) in [5.74, 6) is 0.393. The van der Waals surface area contributed by atoms with Crippen molar-refractivity contribution in [2.75, 3.05) is 39.3 Å². The van der Waals surface area contributed by atoms with Crippen molar-refractivity contribution in [3.63, 3.8) is 0 Å². The maximum absolute atomic E-state index is 12.5. The Morgan fingerprint density at radius 2 is 1.95 bits per heavy atom. The molecule has 1 unspecified atom stereocenters. The van der Waals surface area contributed by atoms with Gasteiger partial charge in [0.25, 0.3) is 0 Å². The smallest absolute Gasteiger partial charge is 0.242 e. The van der Waals surface area contributed by atoms with Gasteiger partial charge in [0.15, 0.2) is 0 Å². The number of carbonyl (C=O) groups is 2. The molecular weight excluding hydrogens is 268 g/mol. The molecule has 0 bridgehead atoms. The molecule has 1 atom stereocenters. The predicted octanol–water partition coefficient (Wildman–Crippen LogP) is -0.440. The van der Waals surface area contributed by atoms with Crippen LogP contribution in [0.5, 0.6) is 0 Å². The highest BCUT2D eigenvalue weighted by molar-refractivity contribution is 5.86. The minimum absolute atomic E-state index is 0.00341. The molecule has 0 aromatic heterocycles. The van der Waals surface area contributed by atoms with E-state index in [2.05, 4.69) is 16.8 Å². The van der Waals surface area contributed by atoms with Crippen molar-refractivity contribution in [2.24, 2.45) is 11.7 Å². The molecule has 2 aliphatic rings. The molecule has 1 aliphatic heterocycles. The first-order valence-electron chi connectivity index (χ1n) is 7.63. The monoisotopic (exact) mass is 294 g/mol. The highest BCUT2D eigenvalue weighted by Crippen LogP contribution is 2.39. The third-order valence-corrected chi connectivity index (χ3v) is 4.36. The van der Waals surface area contributed by atoms with E-state index in [1.165, 1.54) is 0 Å². The van der Waals surface area contributed by atoms with Crippen molar-refractivity contribution < 1.29 is 9.59 Å². The van der Waals surface area contributed by atoms with E-state index < -0.39 is 5.54 Å². The normalized spacial score (nSPS) is 22.5. The first kappa shape index (κ1) is 16.0. The minimum atomic E-state index is -0.719. The first-order valence-corrected chi connectivity index (χ1v) is 7.63. The number of rotatable bonds is 6. The second kappa shape index (κ2) is 6.58. The average Bonchev–Trinajstić information content (AvgIpc) is 3.30. The van der Waals surface area contributed by atoms with Gasteiger partial charge in [0.05, 0.1) is 12.1 Å². The van der Waals surface area contributed by atoms with Gasteiger partial charge >= 0.3 is 0 Å². The Morgan fingerprint density at radius 3 is 2.48 bits per heavy atom. The van der Waals surface area contributed by atoms with Gasteiger partial charge in [0.2, 0.25) is 11.8 Å². The van der Waals surface area contributed by atoms with Crippen LogP contribution in [0.25, 0.3) is 0 Å². The maximum atomic E-state index is 12.5. The van der Waals surface area contributed by atoms with Gasteiger partial charge in [-0.3, -0.25) is 14.5 Å². The van der Waals surface area contributed by atoms with Gasteiger partial charge in [-0.1, -0.05) is 6.08 Å². The summed E-state index contributed by atoms with van der Waals surface area (Å²) in [6.45, 7) is 9.00. The number of carbonyl (C=O) groups excluding carboxylic acids is 2. The van der Waals surface area contributed by atoms with Crippen LogP contribution in [0.3, 0.4) is 0 Å². The van der Waals surface area contributed by atoms with Gasteiger partial charge in [-0.15, -0.1) is 6.58 Å². The average molecular weight is 294 g/mol. The largest absolute Gasteiger partial charge is 0.352 e. The lowest BCUT2D eigenvalue weighted by Gasteiger charge is -2.38. The Morgan fingerprint density at radius 1 is 1.33 bits per heavy atom. The van der Waals surface area contributed by atoms with Gasteiger partial charge in [0, 0.05) is 32.7 Å². The number of amides is 2. The fourth-order valence-electron chi connectivity index (χ4n) is 2.75. The summed E-state index contributed by atoms with van der Waals surface area (Å²) in [5, 5.41) is 2.76. The number of piperazine rings is 1. The van der Waals surface area contributed by atoms with E-state index in [1.54, 1.807) is 6.08 Å². The standard InChI is InChI=1S/C15H26N4O2/c1-3-6-17-13(20)11-18-7-9-19(10-8-18)14(21)15(2,16)12-4-5-12/h3,12H,1,4-11,16H2,2H3,(H,17,20). The van der Waals surface area contributed by atoms with E-state index in [0.29, 0.717) is 45.2 Å². The molecule has 0 aromatic rings. The Balaban J connectivity index is 1.76. The molecule has 2 amide bonds. The zero-order valence-corrected chi connectivity index (χ0v) is 12.8. The van der Waals surface area contributed by atoms with Gasteiger partial charge in [-0.2, -0.15) is 0 Å². The van der Waals surface area contributed by atoms with Gasteiger partial charge in [0.1, 0.15) is 0 Å². The van der Waals surface area contributed by atoms with E-state index >= 15 is 0 Å². The zero-order chi connectivity index (χ0) is 15.5. The molecule has 1 saturated heterocycles. The number of hydrogen-bond acceptors (Lipinski definition) is 4. The van der Waals surface area contributed by atoms with Gasteiger partial charge in [-0.25, -0.2) is 0 Å². The van der Waals surface area contributed by atoms with Crippen LogP contribution in [0.1, 0.15) is 19.8 Å². The van der Waals surface area contributed by atoms with Crippen molar-refractivity contribution in [3.8, 4) is 0 Å². The van der Waals surface area contributed by atoms with E-state index in [4.69, 9.17) is 5.73 Å². The van der Waals surface area contributed by atoms with Crippen LogP contribution >= 0.6 is 0 Å². The van der Waals surface area contributed by atoms with E-state index in [-0.39, 0.29) is 11.8 Å². The van der Waals surface area contributed by atoms with Crippen LogP contribution in [-0.4, -0.2) is 66.4 Å². The number of nitrogens with one attached hydrogen (secondary N) is 1. The molecule has 0 spiro atoms. The molecule has 6 heteroatoms. The van der Waals surface area contributed by atoms with Crippen molar-refractivity contribution in [2.45, 2.75) is 25.3 Å². The van der Waals surface area contributed by atoms with E-state index in [1.807, 2.05) is 11.8 Å². The van der Waals surface area contributed by atoms with Crippen LogP contribution in [0.15, 0.2) is 12.7 Å². The molecule has 1 heterocycles. The lowest BCUT2D eigenvalue weighted by atomic mass is 9.95. The van der Waals surface area contributed by atoms with E-state index in [9.17, 15) is 9.59 Å². The number of nitrogens with zero attached hydrogens (tertiary/aromatic N) is 2. The summed E-state index contributed by atoms with van der Waals surface area (Å²) in [6, 6.07) is 0. The Labute approximate surface area is 126 Å². The third-order valence-electron chi connectivity index (χ3n) is 4.36. The molecule has 0 aromatic carbocycles. The Bertz CT molecular complexity index is 410. The fourth-order valence-corrected chi connectivity index (χ4v) is 2.75. The molecule has 118 valence electrons.